The van der Waals surface area contributed by atoms with E-state index in [0.717, 1.165) is 48.6 Å². The number of piperidine rings is 1. The van der Waals surface area contributed by atoms with Gasteiger partial charge in [-0.05, 0) is 37.5 Å². The van der Waals surface area contributed by atoms with Gasteiger partial charge < -0.3 is 4.90 Å². The summed E-state index contributed by atoms with van der Waals surface area (Å²) in [7, 11) is 0. The molecule has 1 atom stereocenters. The fourth-order valence-electron chi connectivity index (χ4n) is 3.04. The number of pyridine rings is 1. The van der Waals surface area contributed by atoms with Gasteiger partial charge in [-0.15, -0.1) is 0 Å². The Morgan fingerprint density at radius 2 is 2.09 bits per heavy atom. The fraction of sp³-hybridized carbons (Fsp3) is 0.412. The molecule has 0 aromatic carbocycles. The summed E-state index contributed by atoms with van der Waals surface area (Å²) in [6.07, 6.45) is 7.52. The van der Waals surface area contributed by atoms with Gasteiger partial charge in [0.1, 0.15) is 5.82 Å². The Morgan fingerprint density at radius 3 is 2.82 bits per heavy atom. The molecule has 1 saturated heterocycles. The van der Waals surface area contributed by atoms with Gasteiger partial charge in [0, 0.05) is 50.1 Å². The number of carbonyl (C=O) groups excluding carboxylic acids is 1. The van der Waals surface area contributed by atoms with Crippen LogP contribution in [0.4, 0.5) is 0 Å². The molecule has 1 unspecified atom stereocenters. The summed E-state index contributed by atoms with van der Waals surface area (Å²) < 4.78 is 0. The van der Waals surface area contributed by atoms with Gasteiger partial charge >= 0.3 is 0 Å². The first-order chi connectivity index (χ1) is 10.6. The Labute approximate surface area is 130 Å². The standard InChI is InChI=1S/C17H20N4O/c1-12-19-10-16(14-5-7-18-8-6-14)17(20-12)15-4-3-9-21(11-15)13(2)22/h5-8,10,15H,3-4,9,11H2,1-2H3. The molecule has 0 spiro atoms. The minimum absolute atomic E-state index is 0.140. The summed E-state index contributed by atoms with van der Waals surface area (Å²) in [5.41, 5.74) is 3.16. The molecule has 1 fully saturated rings. The second kappa shape index (κ2) is 6.22. The number of hydrogen-bond donors (Lipinski definition) is 0. The second-order valence-electron chi connectivity index (χ2n) is 5.76. The quantitative estimate of drug-likeness (QED) is 0.854. The molecule has 2 aromatic rings. The Kier molecular flexibility index (Phi) is 4.13. The molecule has 0 bridgehead atoms. The van der Waals surface area contributed by atoms with Crippen molar-refractivity contribution in [3.8, 4) is 11.1 Å². The summed E-state index contributed by atoms with van der Waals surface area (Å²) in [6, 6.07) is 3.95. The molecule has 22 heavy (non-hydrogen) atoms. The van der Waals surface area contributed by atoms with Gasteiger partial charge in [0.15, 0.2) is 0 Å². The zero-order chi connectivity index (χ0) is 15.5. The van der Waals surface area contributed by atoms with Crippen molar-refractivity contribution in [3.63, 3.8) is 0 Å². The third-order valence-electron chi connectivity index (χ3n) is 4.18. The predicted octanol–water partition coefficient (Wildman–Crippen LogP) is 2.57. The fourth-order valence-corrected chi connectivity index (χ4v) is 3.04. The molecule has 114 valence electrons. The van der Waals surface area contributed by atoms with Crippen molar-refractivity contribution >= 4 is 5.91 Å². The SMILES string of the molecule is CC(=O)N1CCCC(c2nc(C)ncc2-c2ccncc2)C1. The van der Waals surface area contributed by atoms with Crippen LogP contribution in [0.1, 0.15) is 37.2 Å². The molecule has 1 aliphatic rings. The van der Waals surface area contributed by atoms with E-state index in [2.05, 4.69) is 9.97 Å². The number of hydrogen-bond acceptors (Lipinski definition) is 4. The molecule has 0 N–H and O–H groups in total. The number of aryl methyl sites for hydroxylation is 1. The molecule has 2 aromatic heterocycles. The van der Waals surface area contributed by atoms with E-state index in [1.165, 1.54) is 0 Å². The monoisotopic (exact) mass is 296 g/mol. The van der Waals surface area contributed by atoms with Crippen LogP contribution in [0, 0.1) is 6.92 Å². The van der Waals surface area contributed by atoms with Crippen LogP contribution in [0.25, 0.3) is 11.1 Å². The Hall–Kier alpha value is -2.30. The van der Waals surface area contributed by atoms with E-state index in [-0.39, 0.29) is 11.8 Å². The highest BCUT2D eigenvalue weighted by atomic mass is 16.2. The zero-order valence-electron chi connectivity index (χ0n) is 13.0. The Balaban J connectivity index is 1.99. The lowest BCUT2D eigenvalue weighted by Crippen LogP contribution is -2.38. The Morgan fingerprint density at radius 1 is 1.32 bits per heavy atom. The molecule has 0 saturated carbocycles. The van der Waals surface area contributed by atoms with E-state index >= 15 is 0 Å². The molecular weight excluding hydrogens is 276 g/mol. The summed E-state index contributed by atoms with van der Waals surface area (Å²) in [5, 5.41) is 0. The van der Waals surface area contributed by atoms with Crippen molar-refractivity contribution < 1.29 is 4.79 Å². The van der Waals surface area contributed by atoms with Crippen molar-refractivity contribution in [2.24, 2.45) is 0 Å². The maximum Gasteiger partial charge on any atom is 0.219 e. The summed E-state index contributed by atoms with van der Waals surface area (Å²) in [6.45, 7) is 5.13. The van der Waals surface area contributed by atoms with E-state index in [9.17, 15) is 4.79 Å². The maximum atomic E-state index is 11.7. The van der Waals surface area contributed by atoms with Gasteiger partial charge in [0.2, 0.25) is 5.91 Å². The summed E-state index contributed by atoms with van der Waals surface area (Å²) in [5.74, 6) is 1.18. The lowest BCUT2D eigenvalue weighted by atomic mass is 9.90. The first kappa shape index (κ1) is 14.6. The van der Waals surface area contributed by atoms with E-state index in [4.69, 9.17) is 4.98 Å². The largest absolute Gasteiger partial charge is 0.342 e. The second-order valence-corrected chi connectivity index (χ2v) is 5.76. The van der Waals surface area contributed by atoms with Gasteiger partial charge in [-0.1, -0.05) is 0 Å². The van der Waals surface area contributed by atoms with Gasteiger partial charge in [-0.3, -0.25) is 9.78 Å². The van der Waals surface area contributed by atoms with Gasteiger partial charge in [0.25, 0.3) is 0 Å². The smallest absolute Gasteiger partial charge is 0.219 e. The summed E-state index contributed by atoms with van der Waals surface area (Å²) >= 11 is 0. The van der Waals surface area contributed by atoms with E-state index in [0.29, 0.717) is 0 Å². The Bertz CT molecular complexity index is 672. The predicted molar refractivity (Wildman–Crippen MR) is 84.2 cm³/mol. The molecule has 0 aliphatic carbocycles. The van der Waals surface area contributed by atoms with E-state index in [1.54, 1.807) is 19.3 Å². The minimum atomic E-state index is 0.140. The van der Waals surface area contributed by atoms with Crippen LogP contribution in [0.5, 0.6) is 0 Å². The van der Waals surface area contributed by atoms with Crippen molar-refractivity contribution in [2.45, 2.75) is 32.6 Å². The number of carbonyl (C=O) groups is 1. The van der Waals surface area contributed by atoms with Gasteiger partial charge in [-0.25, -0.2) is 9.97 Å². The van der Waals surface area contributed by atoms with Crippen LogP contribution in [0.2, 0.25) is 0 Å². The third kappa shape index (κ3) is 2.98. The van der Waals surface area contributed by atoms with Crippen molar-refractivity contribution in [3.05, 3.63) is 42.2 Å². The van der Waals surface area contributed by atoms with Gasteiger partial charge in [-0.2, -0.15) is 0 Å². The maximum absolute atomic E-state index is 11.7. The average molecular weight is 296 g/mol. The molecular formula is C17H20N4O. The number of aromatic nitrogens is 3. The van der Waals surface area contributed by atoms with E-state index in [1.807, 2.05) is 30.2 Å². The van der Waals surface area contributed by atoms with Crippen LogP contribution in [-0.4, -0.2) is 38.8 Å². The third-order valence-corrected chi connectivity index (χ3v) is 4.18. The highest BCUT2D eigenvalue weighted by molar-refractivity contribution is 5.73. The van der Waals surface area contributed by atoms with Crippen molar-refractivity contribution in [2.75, 3.05) is 13.1 Å². The molecule has 1 amide bonds. The van der Waals surface area contributed by atoms with Crippen LogP contribution in [0.3, 0.4) is 0 Å². The minimum Gasteiger partial charge on any atom is -0.342 e. The van der Waals surface area contributed by atoms with Crippen LogP contribution < -0.4 is 0 Å². The average Bonchev–Trinajstić information content (AvgIpc) is 2.55. The number of nitrogens with zero attached hydrogens (tertiary/aromatic N) is 4. The highest BCUT2D eigenvalue weighted by Gasteiger charge is 2.26. The molecule has 0 radical (unpaired) electrons. The summed E-state index contributed by atoms with van der Waals surface area (Å²) in [4.78, 5) is 26.7. The molecule has 5 heteroatoms. The van der Waals surface area contributed by atoms with Crippen molar-refractivity contribution in [1.82, 2.24) is 19.9 Å². The van der Waals surface area contributed by atoms with Gasteiger partial charge in [0.05, 0.1) is 5.69 Å². The first-order valence-corrected chi connectivity index (χ1v) is 7.64. The number of likely N-dealkylation sites (tertiary alicyclic amines) is 1. The number of amides is 1. The van der Waals surface area contributed by atoms with Crippen LogP contribution in [0.15, 0.2) is 30.7 Å². The molecule has 1 aliphatic heterocycles. The molecule has 3 rings (SSSR count). The molecule has 5 nitrogen and oxygen atoms in total. The lowest BCUT2D eigenvalue weighted by molar-refractivity contribution is -0.130. The lowest BCUT2D eigenvalue weighted by Gasteiger charge is -2.32. The van der Waals surface area contributed by atoms with Crippen LogP contribution in [-0.2, 0) is 4.79 Å². The number of rotatable bonds is 2. The topological polar surface area (TPSA) is 59.0 Å². The highest BCUT2D eigenvalue weighted by Crippen LogP contribution is 2.32. The van der Waals surface area contributed by atoms with Crippen molar-refractivity contribution in [1.29, 1.82) is 0 Å². The zero-order valence-corrected chi connectivity index (χ0v) is 13.0. The normalized spacial score (nSPS) is 18.3. The van der Waals surface area contributed by atoms with Crippen LogP contribution >= 0.6 is 0 Å². The molecule has 3 heterocycles. The first-order valence-electron chi connectivity index (χ1n) is 7.64. The van der Waals surface area contributed by atoms with E-state index < -0.39 is 0 Å².